The molecule has 0 bridgehead atoms. The van der Waals surface area contributed by atoms with Crippen LogP contribution in [0.1, 0.15) is 41.5 Å². The average molecular weight is 343 g/mol. The summed E-state index contributed by atoms with van der Waals surface area (Å²) in [5.41, 5.74) is 3.64. The largest absolute Gasteiger partial charge is 0.296 e. The molecule has 0 aliphatic rings. The first-order valence-electron chi connectivity index (χ1n) is 7.32. The molecule has 3 aromatic rings. The normalized spacial score (nSPS) is 11.0. The Balaban J connectivity index is 1.75. The molecule has 0 unspecified atom stereocenters. The maximum atomic E-state index is 12.2. The third-order valence-corrected chi connectivity index (χ3v) is 5.17. The molecule has 0 atom stereocenters. The molecule has 0 saturated heterocycles. The number of benzene rings is 1. The van der Waals surface area contributed by atoms with Crippen molar-refractivity contribution in [2.75, 3.05) is 5.32 Å². The highest BCUT2D eigenvalue weighted by Crippen LogP contribution is 2.26. The Bertz CT molecular complexity index is 818. The topological polar surface area (TPSA) is 54.9 Å². The van der Waals surface area contributed by atoms with E-state index in [1.807, 2.05) is 12.3 Å². The van der Waals surface area contributed by atoms with Gasteiger partial charge in [0.1, 0.15) is 10.7 Å². The van der Waals surface area contributed by atoms with Crippen LogP contribution < -0.4 is 5.32 Å². The molecule has 118 valence electrons. The Kier molecular flexibility index (Phi) is 4.54. The number of nitrogens with zero attached hydrogens (tertiary/aromatic N) is 2. The molecule has 0 radical (unpaired) electrons. The van der Waals surface area contributed by atoms with Gasteiger partial charge in [-0.3, -0.25) is 10.1 Å². The van der Waals surface area contributed by atoms with E-state index in [0.717, 1.165) is 16.3 Å². The van der Waals surface area contributed by atoms with Crippen LogP contribution in [0.3, 0.4) is 0 Å². The summed E-state index contributed by atoms with van der Waals surface area (Å²) in [4.78, 5) is 20.9. The third-order valence-electron chi connectivity index (χ3n) is 3.40. The van der Waals surface area contributed by atoms with Gasteiger partial charge in [-0.1, -0.05) is 38.1 Å². The minimum Gasteiger partial charge on any atom is -0.296 e. The van der Waals surface area contributed by atoms with E-state index in [4.69, 9.17) is 0 Å². The molecule has 0 aliphatic carbocycles. The van der Waals surface area contributed by atoms with Gasteiger partial charge in [-0.15, -0.1) is 22.7 Å². The zero-order chi connectivity index (χ0) is 16.4. The number of nitrogens with one attached hydrogen (secondary N) is 1. The van der Waals surface area contributed by atoms with Crippen LogP contribution in [0, 0.1) is 6.92 Å². The molecule has 0 saturated carbocycles. The summed E-state index contributed by atoms with van der Waals surface area (Å²) in [6.07, 6.45) is 0. The van der Waals surface area contributed by atoms with E-state index in [0.29, 0.717) is 16.7 Å². The van der Waals surface area contributed by atoms with E-state index in [-0.39, 0.29) is 5.91 Å². The summed E-state index contributed by atoms with van der Waals surface area (Å²) in [6, 6.07) is 8.33. The Labute approximate surface area is 143 Å². The van der Waals surface area contributed by atoms with Crippen molar-refractivity contribution in [3.63, 3.8) is 0 Å². The van der Waals surface area contributed by atoms with Crippen LogP contribution >= 0.6 is 22.7 Å². The van der Waals surface area contributed by atoms with Gasteiger partial charge in [0.2, 0.25) is 0 Å². The number of carbonyl (C=O) groups is 1. The van der Waals surface area contributed by atoms with Gasteiger partial charge < -0.3 is 0 Å². The summed E-state index contributed by atoms with van der Waals surface area (Å²) in [5, 5.41) is 7.91. The molecular weight excluding hydrogens is 326 g/mol. The van der Waals surface area contributed by atoms with Gasteiger partial charge in [0.05, 0.1) is 5.69 Å². The van der Waals surface area contributed by atoms with Gasteiger partial charge in [-0.05, 0) is 18.4 Å². The van der Waals surface area contributed by atoms with E-state index in [9.17, 15) is 4.79 Å². The predicted molar refractivity (Wildman–Crippen MR) is 96.4 cm³/mol. The molecule has 1 N–H and O–H groups in total. The zero-order valence-corrected chi connectivity index (χ0v) is 14.8. The monoisotopic (exact) mass is 343 g/mol. The minimum absolute atomic E-state index is 0.222. The van der Waals surface area contributed by atoms with Crippen LogP contribution in [-0.2, 0) is 0 Å². The number of hydrogen-bond acceptors (Lipinski definition) is 5. The van der Waals surface area contributed by atoms with E-state index in [1.54, 1.807) is 5.38 Å². The molecule has 2 heterocycles. The number of aromatic nitrogens is 2. The van der Waals surface area contributed by atoms with Crippen molar-refractivity contribution in [3.05, 3.63) is 52.0 Å². The van der Waals surface area contributed by atoms with Crippen molar-refractivity contribution in [1.82, 2.24) is 9.97 Å². The van der Waals surface area contributed by atoms with Gasteiger partial charge in [0.25, 0.3) is 5.91 Å². The number of anilines is 1. The first-order chi connectivity index (χ1) is 11.0. The summed E-state index contributed by atoms with van der Waals surface area (Å²) >= 11 is 2.88. The standard InChI is InChI=1S/C17H17N3OS2/c1-10(2)12-4-6-13(7-5-12)16-19-14(9-22-16)15(21)20-17-18-11(3)8-23-17/h4-10H,1-3H3,(H,18,20,21). The molecule has 6 heteroatoms. The predicted octanol–water partition coefficient (Wildman–Crippen LogP) is 4.95. The molecule has 1 amide bonds. The Morgan fingerprint density at radius 3 is 2.43 bits per heavy atom. The fourth-order valence-corrected chi connectivity index (χ4v) is 3.58. The molecule has 4 nitrogen and oxygen atoms in total. The van der Waals surface area contributed by atoms with Crippen molar-refractivity contribution in [3.8, 4) is 10.6 Å². The molecule has 1 aromatic carbocycles. The molecule has 3 rings (SSSR count). The SMILES string of the molecule is Cc1csc(NC(=O)c2csc(-c3ccc(C(C)C)cc3)n2)n1. The van der Waals surface area contributed by atoms with Crippen molar-refractivity contribution in [2.45, 2.75) is 26.7 Å². The lowest BCUT2D eigenvalue weighted by molar-refractivity contribution is 0.102. The van der Waals surface area contributed by atoms with Gasteiger partial charge in [0, 0.05) is 16.3 Å². The maximum Gasteiger partial charge on any atom is 0.276 e. The van der Waals surface area contributed by atoms with E-state index in [1.165, 1.54) is 28.2 Å². The number of amides is 1. The summed E-state index contributed by atoms with van der Waals surface area (Å²) in [6.45, 7) is 6.23. The van der Waals surface area contributed by atoms with Crippen molar-refractivity contribution >= 4 is 33.7 Å². The smallest absolute Gasteiger partial charge is 0.276 e. The fourth-order valence-electron chi connectivity index (χ4n) is 2.09. The Morgan fingerprint density at radius 1 is 1.09 bits per heavy atom. The second-order valence-electron chi connectivity index (χ2n) is 5.56. The van der Waals surface area contributed by atoms with Crippen LogP contribution in [0.2, 0.25) is 0 Å². The van der Waals surface area contributed by atoms with Crippen LogP contribution in [0.25, 0.3) is 10.6 Å². The fraction of sp³-hybridized carbons (Fsp3) is 0.235. The number of thiazole rings is 2. The summed E-state index contributed by atoms with van der Waals surface area (Å²) < 4.78 is 0. The number of hydrogen-bond donors (Lipinski definition) is 1. The highest BCUT2D eigenvalue weighted by Gasteiger charge is 2.13. The minimum atomic E-state index is -0.222. The number of rotatable bonds is 4. The van der Waals surface area contributed by atoms with Crippen molar-refractivity contribution in [2.24, 2.45) is 0 Å². The summed E-state index contributed by atoms with van der Waals surface area (Å²) in [5.74, 6) is 0.282. The lowest BCUT2D eigenvalue weighted by atomic mass is 10.0. The highest BCUT2D eigenvalue weighted by molar-refractivity contribution is 7.14. The molecule has 2 aromatic heterocycles. The number of carbonyl (C=O) groups excluding carboxylic acids is 1. The highest BCUT2D eigenvalue weighted by atomic mass is 32.1. The lowest BCUT2D eigenvalue weighted by Crippen LogP contribution is -2.12. The van der Waals surface area contributed by atoms with Gasteiger partial charge in [0.15, 0.2) is 5.13 Å². The van der Waals surface area contributed by atoms with Gasteiger partial charge >= 0.3 is 0 Å². The van der Waals surface area contributed by atoms with E-state index >= 15 is 0 Å². The first-order valence-corrected chi connectivity index (χ1v) is 9.08. The van der Waals surface area contributed by atoms with Gasteiger partial charge in [-0.2, -0.15) is 0 Å². The van der Waals surface area contributed by atoms with Crippen molar-refractivity contribution < 1.29 is 4.79 Å². The average Bonchev–Trinajstić information content (AvgIpc) is 3.16. The first kappa shape index (κ1) is 15.8. The van der Waals surface area contributed by atoms with Gasteiger partial charge in [-0.25, -0.2) is 9.97 Å². The number of aryl methyl sites for hydroxylation is 1. The van der Waals surface area contributed by atoms with Crippen LogP contribution in [0.4, 0.5) is 5.13 Å². The Morgan fingerprint density at radius 2 is 1.83 bits per heavy atom. The van der Waals surface area contributed by atoms with E-state index in [2.05, 4.69) is 53.4 Å². The summed E-state index contributed by atoms with van der Waals surface area (Å²) in [7, 11) is 0. The lowest BCUT2D eigenvalue weighted by Gasteiger charge is -2.05. The van der Waals surface area contributed by atoms with E-state index < -0.39 is 0 Å². The molecule has 0 aliphatic heterocycles. The van der Waals surface area contributed by atoms with Crippen LogP contribution in [-0.4, -0.2) is 15.9 Å². The zero-order valence-electron chi connectivity index (χ0n) is 13.2. The second-order valence-corrected chi connectivity index (χ2v) is 7.28. The molecular formula is C17H17N3OS2. The maximum absolute atomic E-state index is 12.2. The third kappa shape index (κ3) is 3.65. The van der Waals surface area contributed by atoms with Crippen LogP contribution in [0.5, 0.6) is 0 Å². The quantitative estimate of drug-likeness (QED) is 0.729. The van der Waals surface area contributed by atoms with Crippen molar-refractivity contribution in [1.29, 1.82) is 0 Å². The Hall–Kier alpha value is -2.05. The second kappa shape index (κ2) is 6.60. The molecule has 0 fully saturated rings. The molecule has 23 heavy (non-hydrogen) atoms. The molecule has 0 spiro atoms. The van der Waals surface area contributed by atoms with Crippen LogP contribution in [0.15, 0.2) is 35.0 Å².